The van der Waals surface area contributed by atoms with E-state index in [4.69, 9.17) is 14.6 Å². The second-order valence-electron chi connectivity index (χ2n) is 12.0. The quantitative estimate of drug-likeness (QED) is 0.127. The van der Waals surface area contributed by atoms with Crippen molar-refractivity contribution in [1.82, 2.24) is 10.2 Å². The largest absolute Gasteiger partial charge is 0.508 e. The fraction of sp³-hybridized carbons (Fsp3) is 0.444. The fourth-order valence-corrected chi connectivity index (χ4v) is 5.58. The number of carbonyl (C=O) groups excluding carboxylic acids is 1. The van der Waals surface area contributed by atoms with E-state index in [0.29, 0.717) is 44.5 Å². The van der Waals surface area contributed by atoms with Gasteiger partial charge in [0, 0.05) is 44.5 Å². The van der Waals surface area contributed by atoms with Crippen molar-refractivity contribution in [3.05, 3.63) is 101 Å². The summed E-state index contributed by atoms with van der Waals surface area (Å²) in [6.45, 7) is 1.27. The van der Waals surface area contributed by atoms with Gasteiger partial charge in [-0.1, -0.05) is 73.5 Å². The van der Waals surface area contributed by atoms with Crippen LogP contribution in [0.2, 0.25) is 0 Å². The number of nitrogens with zero attached hydrogens (tertiary/aromatic N) is 1. The molecular weight excluding hydrogens is 588 g/mol. The number of hydrogen-bond donors (Lipinski definition) is 5. The van der Waals surface area contributed by atoms with Crippen LogP contribution in [0.25, 0.3) is 0 Å². The van der Waals surface area contributed by atoms with Gasteiger partial charge in [-0.05, 0) is 54.3 Å². The first-order chi connectivity index (χ1) is 22.2. The zero-order valence-electron chi connectivity index (χ0n) is 26.4. The lowest BCUT2D eigenvalue weighted by Gasteiger charge is -2.38. The van der Waals surface area contributed by atoms with Crippen LogP contribution in [0, 0.1) is 0 Å². The number of phenols is 1. The molecule has 10 nitrogen and oxygen atoms in total. The molecule has 0 spiro atoms. The molecule has 1 aliphatic heterocycles. The van der Waals surface area contributed by atoms with E-state index in [1.54, 1.807) is 24.3 Å². The molecule has 0 saturated carbocycles. The molecule has 1 fully saturated rings. The SMILES string of the molecule is CN(CC1CC(c2ccc(CO)cc2)OC(c2ccc(CNC(=O)CCCCCCC(=O)O)cc2)O1)CC(O)c1cccc(O)c1. The third kappa shape index (κ3) is 11.2. The highest BCUT2D eigenvalue weighted by molar-refractivity contribution is 5.75. The van der Waals surface area contributed by atoms with E-state index >= 15 is 0 Å². The zero-order valence-corrected chi connectivity index (χ0v) is 26.4. The maximum atomic E-state index is 12.3. The predicted octanol–water partition coefficient (Wildman–Crippen LogP) is 5.14. The number of nitrogens with one attached hydrogen (secondary N) is 1. The molecule has 1 heterocycles. The van der Waals surface area contributed by atoms with Gasteiger partial charge in [-0.15, -0.1) is 0 Å². The summed E-state index contributed by atoms with van der Waals surface area (Å²) in [6.07, 6.45) is 2.34. The van der Waals surface area contributed by atoms with Crippen molar-refractivity contribution in [1.29, 1.82) is 0 Å². The number of aliphatic hydroxyl groups is 2. The minimum Gasteiger partial charge on any atom is -0.508 e. The molecular formula is C36H46N2O8. The molecule has 1 amide bonds. The van der Waals surface area contributed by atoms with Crippen molar-refractivity contribution in [2.45, 2.75) is 82.7 Å². The number of carboxylic acid groups (broad SMARTS) is 1. The highest BCUT2D eigenvalue weighted by Gasteiger charge is 2.33. The van der Waals surface area contributed by atoms with Gasteiger partial charge >= 0.3 is 5.97 Å². The van der Waals surface area contributed by atoms with Crippen LogP contribution in [-0.2, 0) is 32.2 Å². The van der Waals surface area contributed by atoms with Crippen molar-refractivity contribution < 1.29 is 39.5 Å². The van der Waals surface area contributed by atoms with E-state index in [1.165, 1.54) is 0 Å². The number of phenolic OH excluding ortho intramolecular Hbond substituents is 1. The van der Waals surface area contributed by atoms with Crippen molar-refractivity contribution in [3.8, 4) is 5.75 Å². The van der Waals surface area contributed by atoms with Gasteiger partial charge in [-0.2, -0.15) is 0 Å². The van der Waals surface area contributed by atoms with Gasteiger partial charge in [0.15, 0.2) is 6.29 Å². The molecule has 248 valence electrons. The average Bonchev–Trinajstić information content (AvgIpc) is 3.05. The Morgan fingerprint density at radius 1 is 0.913 bits per heavy atom. The molecule has 3 aromatic carbocycles. The van der Waals surface area contributed by atoms with Crippen LogP contribution in [0.5, 0.6) is 5.75 Å². The Bertz CT molecular complexity index is 1380. The number of rotatable bonds is 17. The van der Waals surface area contributed by atoms with Crippen LogP contribution >= 0.6 is 0 Å². The molecule has 1 aliphatic rings. The first-order valence-corrected chi connectivity index (χ1v) is 15.9. The van der Waals surface area contributed by atoms with Crippen molar-refractivity contribution >= 4 is 11.9 Å². The second-order valence-corrected chi connectivity index (χ2v) is 12.0. The van der Waals surface area contributed by atoms with E-state index in [1.807, 2.05) is 60.5 Å². The predicted molar refractivity (Wildman–Crippen MR) is 173 cm³/mol. The topological polar surface area (TPSA) is 149 Å². The van der Waals surface area contributed by atoms with Crippen molar-refractivity contribution in [2.24, 2.45) is 0 Å². The lowest BCUT2D eigenvalue weighted by Crippen LogP contribution is -2.39. The van der Waals surface area contributed by atoms with E-state index in [0.717, 1.165) is 41.5 Å². The fourth-order valence-electron chi connectivity index (χ4n) is 5.58. The molecule has 5 N–H and O–H groups in total. The van der Waals surface area contributed by atoms with E-state index in [2.05, 4.69) is 5.32 Å². The Balaban J connectivity index is 1.35. The average molecular weight is 635 g/mol. The number of hydrogen-bond acceptors (Lipinski definition) is 8. The van der Waals surface area contributed by atoms with Crippen LogP contribution in [0.4, 0.5) is 0 Å². The minimum atomic E-state index is -0.787. The van der Waals surface area contributed by atoms with E-state index in [9.17, 15) is 24.9 Å². The Morgan fingerprint density at radius 3 is 2.26 bits per heavy atom. The standard InChI is InChI=1S/C36H46N2O8/c1-38(23-32(41)29-7-6-8-30(40)19-29)22-31-20-33(27-15-13-26(24-39)14-16-27)46-36(45-31)28-17-11-25(12-18-28)21-37-34(42)9-4-2-3-5-10-35(43)44/h6-8,11-19,31-33,36,39-41H,2-5,9-10,20-24H2,1H3,(H,37,42)(H,43,44). The summed E-state index contributed by atoms with van der Waals surface area (Å²) in [5, 5.41) is 41.7. The van der Waals surface area contributed by atoms with Crippen LogP contribution in [-0.4, -0.2) is 63.4 Å². The molecule has 4 atom stereocenters. The van der Waals surface area contributed by atoms with Gasteiger partial charge in [-0.25, -0.2) is 0 Å². The number of likely N-dealkylation sites (N-methyl/N-ethyl adjacent to an activating group) is 1. The van der Waals surface area contributed by atoms with Gasteiger partial charge in [0.2, 0.25) is 5.91 Å². The third-order valence-electron chi connectivity index (χ3n) is 8.16. The van der Waals surface area contributed by atoms with E-state index in [-0.39, 0.29) is 36.9 Å². The molecule has 10 heteroatoms. The number of carbonyl (C=O) groups is 2. The number of amides is 1. The molecule has 0 bridgehead atoms. The van der Waals surface area contributed by atoms with Crippen molar-refractivity contribution in [2.75, 3.05) is 20.1 Å². The summed E-state index contributed by atoms with van der Waals surface area (Å²) in [5.41, 5.74) is 4.24. The number of aliphatic carboxylic acids is 1. The number of carboxylic acids is 1. The summed E-state index contributed by atoms with van der Waals surface area (Å²) < 4.78 is 12.9. The highest BCUT2D eigenvalue weighted by Crippen LogP contribution is 2.38. The van der Waals surface area contributed by atoms with Gasteiger partial charge in [0.1, 0.15) is 5.75 Å². The zero-order chi connectivity index (χ0) is 32.9. The van der Waals surface area contributed by atoms with Crippen LogP contribution < -0.4 is 5.32 Å². The summed E-state index contributed by atoms with van der Waals surface area (Å²) in [7, 11) is 1.92. The number of unbranched alkanes of at least 4 members (excludes halogenated alkanes) is 3. The number of ether oxygens (including phenoxy) is 2. The summed E-state index contributed by atoms with van der Waals surface area (Å²) in [5.74, 6) is -0.706. The Hall–Kier alpha value is -3.80. The van der Waals surface area contributed by atoms with Gasteiger partial charge in [0.25, 0.3) is 0 Å². The third-order valence-corrected chi connectivity index (χ3v) is 8.16. The number of aliphatic hydroxyl groups excluding tert-OH is 2. The summed E-state index contributed by atoms with van der Waals surface area (Å²) >= 11 is 0. The Morgan fingerprint density at radius 2 is 1.59 bits per heavy atom. The van der Waals surface area contributed by atoms with Crippen LogP contribution in [0.3, 0.4) is 0 Å². The van der Waals surface area contributed by atoms with Crippen LogP contribution in [0.15, 0.2) is 72.8 Å². The molecule has 0 aromatic heterocycles. The smallest absolute Gasteiger partial charge is 0.303 e. The molecule has 1 saturated heterocycles. The normalized spacial score (nSPS) is 18.7. The second kappa shape index (κ2) is 17.8. The Kier molecular flexibility index (Phi) is 13.5. The molecule has 4 rings (SSSR count). The summed E-state index contributed by atoms with van der Waals surface area (Å²) in [4.78, 5) is 24.9. The molecule has 0 radical (unpaired) electrons. The molecule has 3 aromatic rings. The monoisotopic (exact) mass is 634 g/mol. The Labute approximate surface area is 270 Å². The van der Waals surface area contributed by atoms with Gasteiger partial charge < -0.3 is 40.1 Å². The first-order valence-electron chi connectivity index (χ1n) is 15.9. The lowest BCUT2D eigenvalue weighted by atomic mass is 9.99. The van der Waals surface area contributed by atoms with Crippen LogP contribution in [0.1, 0.15) is 91.3 Å². The van der Waals surface area contributed by atoms with Gasteiger partial charge in [0.05, 0.1) is 24.9 Å². The van der Waals surface area contributed by atoms with Gasteiger partial charge in [-0.3, -0.25) is 9.59 Å². The van der Waals surface area contributed by atoms with E-state index < -0.39 is 18.4 Å². The number of aromatic hydroxyl groups is 1. The molecule has 4 unspecified atom stereocenters. The first kappa shape index (κ1) is 35.1. The maximum absolute atomic E-state index is 12.3. The maximum Gasteiger partial charge on any atom is 0.303 e. The minimum absolute atomic E-state index is 0.0301. The lowest BCUT2D eigenvalue weighted by molar-refractivity contribution is -0.252. The highest BCUT2D eigenvalue weighted by atomic mass is 16.7. The summed E-state index contributed by atoms with van der Waals surface area (Å²) in [6, 6.07) is 22.1. The molecule has 0 aliphatic carbocycles. The molecule has 46 heavy (non-hydrogen) atoms. The number of benzene rings is 3. The van der Waals surface area contributed by atoms with Crippen molar-refractivity contribution in [3.63, 3.8) is 0 Å².